The van der Waals surface area contributed by atoms with Gasteiger partial charge in [0.2, 0.25) is 0 Å². The molecule has 0 radical (unpaired) electrons. The number of hydrogen-bond acceptors (Lipinski definition) is 7. The molecule has 9 heteroatoms. The number of carbonyl (C=O) groups is 2. The summed E-state index contributed by atoms with van der Waals surface area (Å²) in [5.74, 6) is -0.0699. The van der Waals surface area contributed by atoms with Gasteiger partial charge in [0.1, 0.15) is 5.00 Å². The van der Waals surface area contributed by atoms with Crippen molar-refractivity contribution >= 4 is 51.0 Å². The Morgan fingerprint density at radius 3 is 2.44 bits per heavy atom. The first-order chi connectivity index (χ1) is 15.5. The molecule has 170 valence electrons. The number of thiophene rings is 3. The molecule has 1 aliphatic heterocycles. The molecule has 1 saturated heterocycles. The van der Waals surface area contributed by atoms with E-state index < -0.39 is 0 Å². The maximum absolute atomic E-state index is 12.8. The van der Waals surface area contributed by atoms with Gasteiger partial charge in [-0.05, 0) is 49.2 Å². The summed E-state index contributed by atoms with van der Waals surface area (Å²) in [4.78, 5) is 32.3. The van der Waals surface area contributed by atoms with Gasteiger partial charge in [0.25, 0.3) is 5.91 Å². The zero-order valence-electron chi connectivity index (χ0n) is 18.4. The average Bonchev–Trinajstić information content (AvgIpc) is 3.55. The first kappa shape index (κ1) is 23.0. The minimum Gasteiger partial charge on any atom is -0.450 e. The van der Waals surface area contributed by atoms with Crippen LogP contribution in [0.1, 0.15) is 43.5 Å². The fraction of sp³-hybridized carbons (Fsp3) is 0.391. The van der Waals surface area contributed by atoms with Gasteiger partial charge < -0.3 is 15.0 Å². The molecule has 1 N–H and O–H groups in total. The molecule has 32 heavy (non-hydrogen) atoms. The van der Waals surface area contributed by atoms with Crippen molar-refractivity contribution in [2.24, 2.45) is 0 Å². The van der Waals surface area contributed by atoms with Crippen LogP contribution in [0.3, 0.4) is 0 Å². The second-order valence-electron chi connectivity index (χ2n) is 7.60. The number of ether oxygens (including phenoxy) is 1. The van der Waals surface area contributed by atoms with Crippen LogP contribution in [0.2, 0.25) is 0 Å². The Bertz CT molecular complexity index is 1050. The molecule has 0 unspecified atom stereocenters. The second-order valence-corrected chi connectivity index (χ2v) is 10.7. The van der Waals surface area contributed by atoms with Crippen molar-refractivity contribution in [3.05, 3.63) is 60.8 Å². The smallest absolute Gasteiger partial charge is 0.409 e. The Kier molecular flexibility index (Phi) is 7.30. The van der Waals surface area contributed by atoms with E-state index in [0.717, 1.165) is 23.7 Å². The number of nitrogens with zero attached hydrogens (tertiary/aromatic N) is 2. The first-order valence-corrected chi connectivity index (χ1v) is 13.2. The Balaban J connectivity index is 1.64. The Morgan fingerprint density at radius 2 is 1.81 bits per heavy atom. The Hall–Kier alpha value is -2.20. The van der Waals surface area contributed by atoms with E-state index in [1.54, 1.807) is 27.6 Å². The lowest BCUT2D eigenvalue weighted by atomic mass is 9.99. The molecule has 1 fully saturated rings. The summed E-state index contributed by atoms with van der Waals surface area (Å²) < 4.78 is 5.18. The van der Waals surface area contributed by atoms with Crippen LogP contribution in [0.5, 0.6) is 0 Å². The van der Waals surface area contributed by atoms with E-state index >= 15 is 0 Å². The second kappa shape index (κ2) is 10.2. The van der Waals surface area contributed by atoms with Crippen LogP contribution in [0, 0.1) is 13.8 Å². The van der Waals surface area contributed by atoms with E-state index in [2.05, 4.69) is 41.6 Å². The highest BCUT2D eigenvalue weighted by Crippen LogP contribution is 2.43. The summed E-state index contributed by atoms with van der Waals surface area (Å²) in [6.07, 6.45) is -0.244. The lowest BCUT2D eigenvalue weighted by molar-refractivity contribution is 0.0719. The molecule has 0 aliphatic carbocycles. The molecule has 3 aromatic heterocycles. The number of hydrogen-bond donors (Lipinski definition) is 1. The SMILES string of the molecule is CCOC(=O)N1CCN([C@H](c2cccs2)c2c(NC(=O)c3cccs3)sc(C)c2C)CC1. The lowest BCUT2D eigenvalue weighted by Gasteiger charge is -2.39. The molecule has 1 aliphatic rings. The van der Waals surface area contributed by atoms with E-state index in [-0.39, 0.29) is 18.0 Å². The van der Waals surface area contributed by atoms with Crippen LogP contribution in [-0.2, 0) is 4.74 Å². The molecule has 6 nitrogen and oxygen atoms in total. The largest absolute Gasteiger partial charge is 0.450 e. The summed E-state index contributed by atoms with van der Waals surface area (Å²) in [5.41, 5.74) is 2.37. The van der Waals surface area contributed by atoms with Crippen molar-refractivity contribution in [2.45, 2.75) is 26.8 Å². The number of anilines is 1. The van der Waals surface area contributed by atoms with Gasteiger partial charge in [-0.15, -0.1) is 34.0 Å². The predicted molar refractivity (Wildman–Crippen MR) is 132 cm³/mol. The molecule has 0 saturated carbocycles. The molecule has 2 amide bonds. The minimum absolute atomic E-state index is 0.0305. The van der Waals surface area contributed by atoms with Crippen molar-refractivity contribution < 1.29 is 14.3 Å². The third-order valence-corrected chi connectivity index (χ3v) is 8.63. The van der Waals surface area contributed by atoms with E-state index in [9.17, 15) is 9.59 Å². The molecule has 1 atom stereocenters. The Morgan fingerprint density at radius 1 is 1.09 bits per heavy atom. The van der Waals surface area contributed by atoms with Gasteiger partial charge in [-0.1, -0.05) is 12.1 Å². The highest BCUT2D eigenvalue weighted by molar-refractivity contribution is 7.17. The van der Waals surface area contributed by atoms with Crippen LogP contribution >= 0.6 is 34.0 Å². The van der Waals surface area contributed by atoms with Crippen LogP contribution in [0.4, 0.5) is 9.80 Å². The van der Waals surface area contributed by atoms with E-state index in [0.29, 0.717) is 24.6 Å². The number of aryl methyl sites for hydroxylation is 1. The monoisotopic (exact) mass is 489 g/mol. The van der Waals surface area contributed by atoms with Crippen LogP contribution in [-0.4, -0.2) is 54.6 Å². The zero-order valence-corrected chi connectivity index (χ0v) is 20.9. The number of nitrogens with one attached hydrogen (secondary N) is 1. The van der Waals surface area contributed by atoms with Crippen molar-refractivity contribution in [3.63, 3.8) is 0 Å². The molecular formula is C23H27N3O3S3. The third kappa shape index (κ3) is 4.76. The topological polar surface area (TPSA) is 61.9 Å². The molecular weight excluding hydrogens is 462 g/mol. The van der Waals surface area contributed by atoms with Crippen LogP contribution in [0.15, 0.2) is 35.0 Å². The number of rotatable bonds is 6. The maximum Gasteiger partial charge on any atom is 0.409 e. The number of carbonyl (C=O) groups excluding carboxylic acids is 2. The van der Waals surface area contributed by atoms with Gasteiger partial charge >= 0.3 is 6.09 Å². The van der Waals surface area contributed by atoms with Crippen molar-refractivity contribution in [2.75, 3.05) is 38.1 Å². The molecule has 0 bridgehead atoms. The van der Waals surface area contributed by atoms with E-state index in [4.69, 9.17) is 4.74 Å². The third-order valence-electron chi connectivity index (χ3n) is 5.70. The van der Waals surface area contributed by atoms with E-state index in [1.807, 2.05) is 24.4 Å². The number of amides is 2. The summed E-state index contributed by atoms with van der Waals surface area (Å²) in [7, 11) is 0. The van der Waals surface area contributed by atoms with Crippen LogP contribution < -0.4 is 5.32 Å². The summed E-state index contributed by atoms with van der Waals surface area (Å²) in [6.45, 7) is 9.19. The maximum atomic E-state index is 12.8. The van der Waals surface area contributed by atoms with Crippen molar-refractivity contribution in [3.8, 4) is 0 Å². The fourth-order valence-corrected chi connectivity index (χ4v) is 6.54. The molecule has 4 rings (SSSR count). The zero-order chi connectivity index (χ0) is 22.7. The van der Waals surface area contributed by atoms with Gasteiger partial charge in [-0.2, -0.15) is 0 Å². The Labute approximate surface area is 200 Å². The molecule has 3 aromatic rings. The average molecular weight is 490 g/mol. The predicted octanol–water partition coefficient (Wildman–Crippen LogP) is 5.60. The molecule has 4 heterocycles. The number of piperazine rings is 1. The highest BCUT2D eigenvalue weighted by atomic mass is 32.1. The molecule has 0 aromatic carbocycles. The highest BCUT2D eigenvalue weighted by Gasteiger charge is 2.33. The first-order valence-electron chi connectivity index (χ1n) is 10.6. The van der Waals surface area contributed by atoms with Crippen molar-refractivity contribution in [1.82, 2.24) is 9.80 Å². The summed E-state index contributed by atoms with van der Waals surface area (Å²) >= 11 is 4.80. The summed E-state index contributed by atoms with van der Waals surface area (Å²) in [6, 6.07) is 7.99. The van der Waals surface area contributed by atoms with Crippen LogP contribution in [0.25, 0.3) is 0 Å². The van der Waals surface area contributed by atoms with Gasteiger partial charge in [-0.25, -0.2) is 4.79 Å². The summed E-state index contributed by atoms with van der Waals surface area (Å²) in [5, 5.41) is 8.10. The minimum atomic E-state index is -0.244. The van der Waals surface area contributed by atoms with Gasteiger partial charge in [-0.3, -0.25) is 9.69 Å². The molecule has 0 spiro atoms. The fourth-order valence-electron chi connectivity index (χ4n) is 3.97. The lowest BCUT2D eigenvalue weighted by Crippen LogP contribution is -2.50. The quantitative estimate of drug-likeness (QED) is 0.489. The van der Waals surface area contributed by atoms with E-state index in [1.165, 1.54) is 26.7 Å². The normalized spacial score (nSPS) is 15.5. The van der Waals surface area contributed by atoms with Gasteiger partial charge in [0, 0.05) is 41.5 Å². The standard InChI is InChI=1S/C23H27N3O3S3/c1-4-29-23(28)26-11-9-25(10-12-26)20(17-7-5-13-30-17)19-15(2)16(3)32-22(19)24-21(27)18-8-6-14-31-18/h5-8,13-14,20H,4,9-12H2,1-3H3,(H,24,27)/t20-/m1/s1. The van der Waals surface area contributed by atoms with Gasteiger partial charge in [0.15, 0.2) is 0 Å². The van der Waals surface area contributed by atoms with Crippen molar-refractivity contribution in [1.29, 1.82) is 0 Å². The van der Waals surface area contributed by atoms with Gasteiger partial charge in [0.05, 0.1) is 17.5 Å².